The van der Waals surface area contributed by atoms with E-state index in [-0.39, 0.29) is 17.9 Å². The lowest BCUT2D eigenvalue weighted by molar-refractivity contribution is -0.142. The van der Waals surface area contributed by atoms with Crippen LogP contribution < -0.4 is 0 Å². The Morgan fingerprint density at radius 2 is 1.58 bits per heavy atom. The number of carbonyl (C=O) groups is 2. The van der Waals surface area contributed by atoms with Crippen molar-refractivity contribution in [1.82, 2.24) is 4.90 Å². The zero-order valence-electron chi connectivity index (χ0n) is 14.0. The van der Waals surface area contributed by atoms with Gasteiger partial charge in [0.15, 0.2) is 0 Å². The second-order valence-electron chi connectivity index (χ2n) is 6.91. The molecular formula is C19H24ClNO3. The van der Waals surface area contributed by atoms with Crippen molar-refractivity contribution in [3.05, 3.63) is 34.9 Å². The van der Waals surface area contributed by atoms with E-state index in [1.807, 2.05) is 12.1 Å². The first-order valence-electron chi connectivity index (χ1n) is 8.73. The van der Waals surface area contributed by atoms with Gasteiger partial charge in [0.05, 0.1) is 7.11 Å². The maximum absolute atomic E-state index is 13.0. The van der Waals surface area contributed by atoms with Gasteiger partial charge in [-0.15, -0.1) is 0 Å². The Kier molecular flexibility index (Phi) is 5.44. The number of ether oxygens (including phenoxy) is 1. The molecule has 0 aromatic heterocycles. The van der Waals surface area contributed by atoms with Gasteiger partial charge >= 0.3 is 5.97 Å². The molecule has 0 saturated heterocycles. The van der Waals surface area contributed by atoms with E-state index in [2.05, 4.69) is 4.90 Å². The van der Waals surface area contributed by atoms with E-state index in [0.29, 0.717) is 29.0 Å². The van der Waals surface area contributed by atoms with Crippen molar-refractivity contribution >= 4 is 23.5 Å². The first-order chi connectivity index (χ1) is 11.6. The lowest BCUT2D eigenvalue weighted by Crippen LogP contribution is -2.44. The van der Waals surface area contributed by atoms with E-state index in [9.17, 15) is 9.59 Å². The van der Waals surface area contributed by atoms with Crippen LogP contribution in [0.1, 0.15) is 55.3 Å². The molecule has 2 saturated carbocycles. The van der Waals surface area contributed by atoms with E-state index in [1.54, 1.807) is 12.1 Å². The second kappa shape index (κ2) is 7.56. The number of nitrogens with zero attached hydrogens (tertiary/aromatic N) is 1. The van der Waals surface area contributed by atoms with Gasteiger partial charge in [-0.25, -0.2) is 0 Å². The molecule has 130 valence electrons. The third kappa shape index (κ3) is 4.10. The molecule has 1 aromatic rings. The molecule has 1 aromatic carbocycles. The highest BCUT2D eigenvalue weighted by atomic mass is 35.5. The quantitative estimate of drug-likeness (QED) is 0.753. The SMILES string of the molecule is COC(=O)C[C@H]1CC[C@H](N(C(=O)c2ccc(Cl)cc2)C2CC2)CC1. The molecule has 0 aliphatic heterocycles. The van der Waals surface area contributed by atoms with Crippen molar-refractivity contribution in [3.63, 3.8) is 0 Å². The maximum atomic E-state index is 13.0. The number of benzene rings is 1. The summed E-state index contributed by atoms with van der Waals surface area (Å²) in [7, 11) is 1.44. The fraction of sp³-hybridized carbons (Fsp3) is 0.579. The van der Waals surface area contributed by atoms with Crippen molar-refractivity contribution in [2.75, 3.05) is 7.11 Å². The van der Waals surface area contributed by atoms with Crippen LogP contribution in [0, 0.1) is 5.92 Å². The highest BCUT2D eigenvalue weighted by Crippen LogP contribution is 2.37. The molecule has 0 radical (unpaired) electrons. The second-order valence-corrected chi connectivity index (χ2v) is 7.34. The standard InChI is InChI=1S/C19H24ClNO3/c1-24-18(22)12-13-2-8-16(9-3-13)21(17-10-11-17)19(23)14-4-6-15(20)7-5-14/h4-7,13,16-17H,2-3,8-12H2,1H3/t13-,16-. The lowest BCUT2D eigenvalue weighted by Gasteiger charge is -2.37. The number of hydrogen-bond acceptors (Lipinski definition) is 3. The minimum atomic E-state index is -0.130. The zero-order chi connectivity index (χ0) is 17.1. The Morgan fingerprint density at radius 3 is 2.08 bits per heavy atom. The Labute approximate surface area is 148 Å². The molecule has 0 spiro atoms. The van der Waals surface area contributed by atoms with Crippen LogP contribution in [0.2, 0.25) is 5.02 Å². The average molecular weight is 350 g/mol. The average Bonchev–Trinajstić information content (AvgIpc) is 3.42. The van der Waals surface area contributed by atoms with Crippen LogP contribution in [-0.4, -0.2) is 36.0 Å². The molecule has 5 heteroatoms. The predicted molar refractivity (Wildman–Crippen MR) is 93.0 cm³/mol. The van der Waals surface area contributed by atoms with E-state index in [4.69, 9.17) is 16.3 Å². The molecule has 2 aliphatic rings. The molecular weight excluding hydrogens is 326 g/mol. The smallest absolute Gasteiger partial charge is 0.305 e. The van der Waals surface area contributed by atoms with Gasteiger partial charge in [0, 0.05) is 29.1 Å². The summed E-state index contributed by atoms with van der Waals surface area (Å²) in [5.41, 5.74) is 0.711. The summed E-state index contributed by atoms with van der Waals surface area (Å²) in [6.45, 7) is 0. The molecule has 0 heterocycles. The molecule has 1 amide bonds. The zero-order valence-corrected chi connectivity index (χ0v) is 14.8. The Bertz CT molecular complexity index is 589. The van der Waals surface area contributed by atoms with Crippen LogP contribution in [0.3, 0.4) is 0 Å². The molecule has 0 N–H and O–H groups in total. The van der Waals surface area contributed by atoms with Crippen LogP contribution in [0.5, 0.6) is 0 Å². The summed E-state index contributed by atoms with van der Waals surface area (Å²) in [5.74, 6) is 0.376. The van der Waals surface area contributed by atoms with Gasteiger partial charge in [-0.3, -0.25) is 9.59 Å². The Hall–Kier alpha value is -1.55. The number of halogens is 1. The fourth-order valence-electron chi connectivity index (χ4n) is 3.67. The summed E-state index contributed by atoms with van der Waals surface area (Å²) in [5, 5.41) is 0.646. The van der Waals surface area contributed by atoms with Crippen LogP contribution in [0.15, 0.2) is 24.3 Å². The molecule has 2 aliphatic carbocycles. The molecule has 4 nitrogen and oxygen atoms in total. The summed E-state index contributed by atoms with van der Waals surface area (Å²) >= 11 is 5.93. The summed E-state index contributed by atoms with van der Waals surface area (Å²) < 4.78 is 4.77. The van der Waals surface area contributed by atoms with Crippen molar-refractivity contribution in [2.45, 2.75) is 57.0 Å². The summed E-state index contributed by atoms with van der Waals surface area (Å²) in [6, 6.07) is 7.83. The highest BCUT2D eigenvalue weighted by molar-refractivity contribution is 6.30. The van der Waals surface area contributed by atoms with Crippen LogP contribution in [-0.2, 0) is 9.53 Å². The summed E-state index contributed by atoms with van der Waals surface area (Å²) in [4.78, 5) is 26.5. The normalized spacial score (nSPS) is 23.6. The number of carbonyl (C=O) groups excluding carboxylic acids is 2. The van der Waals surface area contributed by atoms with Gasteiger partial charge in [0.25, 0.3) is 5.91 Å². The Morgan fingerprint density at radius 1 is 1.04 bits per heavy atom. The third-order valence-electron chi connectivity index (χ3n) is 5.16. The van der Waals surface area contributed by atoms with Crippen molar-refractivity contribution in [2.24, 2.45) is 5.92 Å². The lowest BCUT2D eigenvalue weighted by atomic mass is 9.83. The molecule has 3 rings (SSSR count). The molecule has 0 atom stereocenters. The van der Waals surface area contributed by atoms with Gasteiger partial charge in [-0.2, -0.15) is 0 Å². The maximum Gasteiger partial charge on any atom is 0.305 e. The van der Waals surface area contributed by atoms with E-state index < -0.39 is 0 Å². The highest BCUT2D eigenvalue weighted by Gasteiger charge is 2.39. The van der Waals surface area contributed by atoms with Crippen molar-refractivity contribution in [1.29, 1.82) is 0 Å². The van der Waals surface area contributed by atoms with Crippen LogP contribution in [0.25, 0.3) is 0 Å². The van der Waals surface area contributed by atoms with Crippen molar-refractivity contribution in [3.8, 4) is 0 Å². The molecule has 24 heavy (non-hydrogen) atoms. The number of rotatable bonds is 5. The predicted octanol–water partition coefficient (Wildman–Crippen LogP) is 4.07. The van der Waals surface area contributed by atoms with Gasteiger partial charge in [-0.1, -0.05) is 11.6 Å². The fourth-order valence-corrected chi connectivity index (χ4v) is 3.80. The first kappa shape index (κ1) is 17.3. The third-order valence-corrected chi connectivity index (χ3v) is 5.41. The minimum absolute atomic E-state index is 0.116. The number of methoxy groups -OCH3 is 1. The molecule has 2 fully saturated rings. The molecule has 0 unspecified atom stereocenters. The topological polar surface area (TPSA) is 46.6 Å². The van der Waals surface area contributed by atoms with Gasteiger partial charge in [0.2, 0.25) is 0 Å². The van der Waals surface area contributed by atoms with E-state index in [0.717, 1.165) is 38.5 Å². The summed E-state index contributed by atoms with van der Waals surface area (Å²) in [6.07, 6.45) is 6.60. The van der Waals surface area contributed by atoms with Crippen molar-refractivity contribution < 1.29 is 14.3 Å². The van der Waals surface area contributed by atoms with Crippen LogP contribution >= 0.6 is 11.6 Å². The van der Waals surface area contributed by atoms with Gasteiger partial charge in [-0.05, 0) is 68.7 Å². The number of esters is 1. The van der Waals surface area contributed by atoms with Crippen LogP contribution in [0.4, 0.5) is 0 Å². The van der Waals surface area contributed by atoms with E-state index in [1.165, 1.54) is 7.11 Å². The minimum Gasteiger partial charge on any atom is -0.469 e. The van der Waals surface area contributed by atoms with Gasteiger partial charge < -0.3 is 9.64 Å². The largest absolute Gasteiger partial charge is 0.469 e. The monoisotopic (exact) mass is 349 g/mol. The number of hydrogen-bond donors (Lipinski definition) is 0. The first-order valence-corrected chi connectivity index (χ1v) is 9.11. The van der Waals surface area contributed by atoms with E-state index >= 15 is 0 Å². The Balaban J connectivity index is 1.63. The molecule has 0 bridgehead atoms. The number of amides is 1. The van der Waals surface area contributed by atoms with Gasteiger partial charge in [0.1, 0.15) is 0 Å².